The van der Waals surface area contributed by atoms with E-state index in [-0.39, 0.29) is 6.61 Å². The van der Waals surface area contributed by atoms with E-state index < -0.39 is 19.7 Å². The molecule has 2 atom stereocenters. The Kier molecular flexibility index (Phi) is 5.81. The molecule has 0 heterocycles. The lowest BCUT2D eigenvalue weighted by molar-refractivity contribution is -0.144. The van der Waals surface area contributed by atoms with Crippen LogP contribution in [-0.2, 0) is 20.7 Å². The number of hydrogen-bond donors (Lipinski definition) is 1. The normalized spacial score (nSPS) is 12.9. The zero-order valence-corrected chi connectivity index (χ0v) is 10.6. The van der Waals surface area contributed by atoms with Crippen molar-refractivity contribution in [1.29, 1.82) is 0 Å². The summed E-state index contributed by atoms with van der Waals surface area (Å²) >= 11 is 0. The van der Waals surface area contributed by atoms with Crippen LogP contribution in [0.3, 0.4) is 0 Å². The van der Waals surface area contributed by atoms with Gasteiger partial charge >= 0.3 is 14.0 Å². The molecule has 17 heavy (non-hydrogen) atoms. The van der Waals surface area contributed by atoms with Crippen molar-refractivity contribution in [3.8, 4) is 0 Å². The number of ether oxygens (including phenoxy) is 1. The molecule has 2 unspecified atom stereocenters. The van der Waals surface area contributed by atoms with Crippen molar-refractivity contribution in [2.24, 2.45) is 0 Å². The molecule has 0 bridgehead atoms. The van der Waals surface area contributed by atoms with Gasteiger partial charge in [0, 0.05) is 6.42 Å². The molecule has 0 amide bonds. The van der Waals surface area contributed by atoms with Crippen molar-refractivity contribution in [3.63, 3.8) is 0 Å². The van der Waals surface area contributed by atoms with Crippen LogP contribution in [-0.4, -0.2) is 16.5 Å². The highest BCUT2D eigenvalue weighted by Gasteiger charge is 2.37. The molecule has 1 rings (SSSR count). The number of rotatable bonds is 6. The number of carbonyl (C=O) groups excluding carboxylic acids is 1. The molecule has 0 saturated carbocycles. The van der Waals surface area contributed by atoms with Crippen LogP contribution < -0.4 is 0 Å². The predicted molar refractivity (Wildman–Crippen MR) is 64.8 cm³/mol. The van der Waals surface area contributed by atoms with Crippen LogP contribution in [0.5, 0.6) is 0 Å². The van der Waals surface area contributed by atoms with Gasteiger partial charge in [-0.1, -0.05) is 43.7 Å². The van der Waals surface area contributed by atoms with Gasteiger partial charge in [0.2, 0.25) is 0 Å². The molecule has 0 aromatic heterocycles. The Bertz CT molecular complexity index is 377. The smallest absolute Gasteiger partial charge is 0.457 e. The van der Waals surface area contributed by atoms with Gasteiger partial charge < -0.3 is 4.74 Å². The standard InChI is InChI=1S/C12H15O4P/c1-2-6-11(17(14)15)12(13)16-9-10-7-4-3-5-8-10/h3-5,7-8,11H,2,6,9H2,1H3/p+1. The minimum Gasteiger partial charge on any atom is -0.457 e. The van der Waals surface area contributed by atoms with Crippen LogP contribution in [0.2, 0.25) is 0 Å². The first kappa shape index (κ1) is 13.8. The van der Waals surface area contributed by atoms with Crippen LogP contribution in [0.15, 0.2) is 30.3 Å². The Hall–Kier alpha value is -1.25. The van der Waals surface area contributed by atoms with Gasteiger partial charge in [-0.2, -0.15) is 4.89 Å². The van der Waals surface area contributed by atoms with E-state index in [1.807, 2.05) is 37.3 Å². The molecule has 0 fully saturated rings. The third-order valence-electron chi connectivity index (χ3n) is 2.32. The van der Waals surface area contributed by atoms with Gasteiger partial charge in [-0.15, -0.1) is 0 Å². The molecule has 1 aromatic carbocycles. The summed E-state index contributed by atoms with van der Waals surface area (Å²) in [5.74, 6) is -0.598. The van der Waals surface area contributed by atoms with Crippen LogP contribution in [0.4, 0.5) is 0 Å². The Labute approximate surface area is 101 Å². The topological polar surface area (TPSA) is 63.6 Å². The quantitative estimate of drug-likeness (QED) is 0.627. The summed E-state index contributed by atoms with van der Waals surface area (Å²) in [6.45, 7) is 2.00. The molecule has 1 N–H and O–H groups in total. The van der Waals surface area contributed by atoms with Crippen LogP contribution in [0.25, 0.3) is 0 Å². The molecule has 0 spiro atoms. The maximum Gasteiger partial charge on any atom is 0.520 e. The Morgan fingerprint density at radius 3 is 2.59 bits per heavy atom. The van der Waals surface area contributed by atoms with E-state index in [0.29, 0.717) is 12.8 Å². The number of hydrogen-bond acceptors (Lipinski definition) is 3. The molecule has 0 saturated heterocycles. The van der Waals surface area contributed by atoms with E-state index >= 15 is 0 Å². The predicted octanol–water partition coefficient (Wildman–Crippen LogP) is 2.63. The molecule has 0 aliphatic rings. The van der Waals surface area contributed by atoms with Gasteiger partial charge in [-0.25, -0.2) is 4.79 Å². The van der Waals surface area contributed by atoms with Gasteiger partial charge in [0.05, 0.1) is 0 Å². The fourth-order valence-electron chi connectivity index (χ4n) is 1.42. The molecule has 0 aliphatic heterocycles. The van der Waals surface area contributed by atoms with E-state index in [0.717, 1.165) is 5.56 Å². The molecule has 0 radical (unpaired) electrons. The minimum absolute atomic E-state index is 0.142. The van der Waals surface area contributed by atoms with Crippen molar-refractivity contribution in [3.05, 3.63) is 35.9 Å². The number of carbonyl (C=O) groups is 1. The third kappa shape index (κ3) is 4.63. The molecule has 4 nitrogen and oxygen atoms in total. The summed E-state index contributed by atoms with van der Waals surface area (Å²) in [5, 5.41) is 0. The lowest BCUT2D eigenvalue weighted by atomic mass is 10.2. The monoisotopic (exact) mass is 255 g/mol. The van der Waals surface area contributed by atoms with Crippen molar-refractivity contribution >= 4 is 14.0 Å². The molecule has 0 aliphatic carbocycles. The maximum absolute atomic E-state index is 11.6. The van der Waals surface area contributed by atoms with E-state index in [1.165, 1.54) is 0 Å². The van der Waals surface area contributed by atoms with Crippen molar-refractivity contribution < 1.29 is 19.0 Å². The van der Waals surface area contributed by atoms with E-state index in [4.69, 9.17) is 9.63 Å². The Morgan fingerprint density at radius 1 is 1.41 bits per heavy atom. The third-order valence-corrected chi connectivity index (χ3v) is 3.33. The highest BCUT2D eigenvalue weighted by molar-refractivity contribution is 7.40. The second-order valence-corrected chi connectivity index (χ2v) is 4.93. The number of benzene rings is 1. The largest absolute Gasteiger partial charge is 0.520 e. The number of esters is 1. The maximum atomic E-state index is 11.6. The van der Waals surface area contributed by atoms with Crippen molar-refractivity contribution in [2.45, 2.75) is 32.0 Å². The fraction of sp³-hybridized carbons (Fsp3) is 0.417. The SMILES string of the molecule is CCCC(C(=O)OCc1ccccc1)[P+](=O)O. The van der Waals surface area contributed by atoms with Crippen LogP contribution >= 0.6 is 8.03 Å². The fourth-order valence-corrected chi connectivity index (χ4v) is 2.15. The lowest BCUT2D eigenvalue weighted by Gasteiger charge is -2.05. The van der Waals surface area contributed by atoms with E-state index in [2.05, 4.69) is 0 Å². The van der Waals surface area contributed by atoms with Crippen molar-refractivity contribution in [2.75, 3.05) is 0 Å². The second kappa shape index (κ2) is 7.15. The Morgan fingerprint density at radius 2 is 2.06 bits per heavy atom. The summed E-state index contributed by atoms with van der Waals surface area (Å²) in [7, 11) is -2.51. The molecule has 92 valence electrons. The highest BCUT2D eigenvalue weighted by atomic mass is 31.1. The van der Waals surface area contributed by atoms with Gasteiger partial charge in [0.15, 0.2) is 0 Å². The zero-order chi connectivity index (χ0) is 12.7. The van der Waals surface area contributed by atoms with E-state index in [9.17, 15) is 9.36 Å². The first-order valence-corrected chi connectivity index (χ1v) is 6.79. The summed E-state index contributed by atoms with van der Waals surface area (Å²) in [4.78, 5) is 20.6. The van der Waals surface area contributed by atoms with Gasteiger partial charge in [0.25, 0.3) is 5.66 Å². The van der Waals surface area contributed by atoms with Crippen LogP contribution in [0, 0.1) is 0 Å². The lowest BCUT2D eigenvalue weighted by Crippen LogP contribution is -2.19. The zero-order valence-electron chi connectivity index (χ0n) is 9.70. The summed E-state index contributed by atoms with van der Waals surface area (Å²) in [5.41, 5.74) is -0.0389. The average Bonchev–Trinajstić information content (AvgIpc) is 2.34. The van der Waals surface area contributed by atoms with E-state index in [1.54, 1.807) is 0 Å². The van der Waals surface area contributed by atoms with Gasteiger partial charge in [-0.3, -0.25) is 0 Å². The summed E-state index contributed by atoms with van der Waals surface area (Å²) in [6.07, 6.45) is 1.05. The van der Waals surface area contributed by atoms with Gasteiger partial charge in [-0.05, 0) is 10.1 Å². The molecular weight excluding hydrogens is 239 g/mol. The molecular formula is C12H16O4P+. The Balaban J connectivity index is 2.50. The summed E-state index contributed by atoms with van der Waals surface area (Å²) < 4.78 is 16.0. The second-order valence-electron chi connectivity index (χ2n) is 3.70. The first-order valence-electron chi connectivity index (χ1n) is 5.51. The van der Waals surface area contributed by atoms with Crippen molar-refractivity contribution in [1.82, 2.24) is 0 Å². The average molecular weight is 255 g/mol. The summed E-state index contributed by atoms with van der Waals surface area (Å²) in [6, 6.07) is 9.23. The van der Waals surface area contributed by atoms with Crippen LogP contribution in [0.1, 0.15) is 25.3 Å². The molecule has 5 heteroatoms. The highest BCUT2D eigenvalue weighted by Crippen LogP contribution is 2.27. The minimum atomic E-state index is -2.51. The molecule has 1 aromatic rings. The van der Waals surface area contributed by atoms with Gasteiger partial charge in [0.1, 0.15) is 6.61 Å². The first-order chi connectivity index (χ1) is 8.15.